The molecular formula is C18H19FN5O2P. The molecular weight excluding hydrogens is 368 g/mol. The Morgan fingerprint density at radius 2 is 1.96 bits per heavy atom. The quantitative estimate of drug-likeness (QED) is 0.604. The van der Waals surface area contributed by atoms with E-state index in [0.29, 0.717) is 17.8 Å². The second-order valence-electron chi connectivity index (χ2n) is 6.41. The summed E-state index contributed by atoms with van der Waals surface area (Å²) in [4.78, 5) is 24.4. The Labute approximate surface area is 157 Å². The van der Waals surface area contributed by atoms with Gasteiger partial charge in [-0.15, -0.1) is 0 Å². The molecule has 3 aromatic rings. The average Bonchev–Trinajstić information content (AvgIpc) is 2.62. The molecule has 0 amide bonds. The summed E-state index contributed by atoms with van der Waals surface area (Å²) in [6, 6.07) is 5.07. The highest BCUT2D eigenvalue weighted by molar-refractivity contribution is 7.18. The Balaban J connectivity index is 1.80. The lowest BCUT2D eigenvalue weighted by Crippen LogP contribution is -2.23. The van der Waals surface area contributed by atoms with Crippen molar-refractivity contribution in [3.63, 3.8) is 0 Å². The van der Waals surface area contributed by atoms with E-state index in [2.05, 4.69) is 20.1 Å². The minimum atomic E-state index is -1.55. The summed E-state index contributed by atoms with van der Waals surface area (Å²) >= 11 is 0. The van der Waals surface area contributed by atoms with Gasteiger partial charge in [0.25, 0.3) is 5.56 Å². The molecule has 9 heteroatoms. The lowest BCUT2D eigenvalue weighted by molar-refractivity contribution is 0.172. The van der Waals surface area contributed by atoms with Crippen LogP contribution in [0.2, 0.25) is 0 Å². The number of pyridine rings is 1. The van der Waals surface area contributed by atoms with E-state index >= 15 is 0 Å². The van der Waals surface area contributed by atoms with E-state index in [-0.39, 0.29) is 18.2 Å². The summed E-state index contributed by atoms with van der Waals surface area (Å²) in [7, 11) is 2.05. The highest BCUT2D eigenvalue weighted by Gasteiger charge is 2.17. The summed E-state index contributed by atoms with van der Waals surface area (Å²) < 4.78 is 20.0. The third-order valence-electron chi connectivity index (χ3n) is 3.54. The normalized spacial score (nSPS) is 13.2. The Hall–Kier alpha value is -2.73. The summed E-state index contributed by atoms with van der Waals surface area (Å²) in [6.45, 7) is 3.45. The van der Waals surface area contributed by atoms with E-state index < -0.39 is 5.41 Å². The van der Waals surface area contributed by atoms with E-state index in [0.717, 1.165) is 11.1 Å². The van der Waals surface area contributed by atoms with E-state index in [1.807, 2.05) is 22.2 Å². The number of halogens is 1. The molecule has 0 bridgehead atoms. The molecule has 0 N–H and O–H groups in total. The zero-order chi connectivity index (χ0) is 19.4. The van der Waals surface area contributed by atoms with Crippen LogP contribution in [0.5, 0.6) is 6.01 Å². The molecule has 0 fully saturated rings. The monoisotopic (exact) mass is 387 g/mol. The maximum absolute atomic E-state index is 13.4. The minimum Gasteiger partial charge on any atom is -0.460 e. The van der Waals surface area contributed by atoms with Crippen LogP contribution in [-0.4, -0.2) is 36.7 Å². The molecule has 2 unspecified atom stereocenters. The largest absolute Gasteiger partial charge is 0.460 e. The second kappa shape index (κ2) is 7.88. The number of alkyl halides is 1. The van der Waals surface area contributed by atoms with Crippen LogP contribution in [0.4, 0.5) is 4.39 Å². The predicted molar refractivity (Wildman–Crippen MR) is 102 cm³/mol. The summed E-state index contributed by atoms with van der Waals surface area (Å²) in [5.74, 6) is 0. The first kappa shape index (κ1) is 19.0. The molecule has 3 heterocycles. The maximum Gasteiger partial charge on any atom is 0.316 e. The number of nitrogens with zero attached hydrogens (tertiary/aromatic N) is 5. The highest BCUT2D eigenvalue weighted by Crippen LogP contribution is 2.20. The van der Waals surface area contributed by atoms with Gasteiger partial charge in [-0.3, -0.25) is 9.78 Å². The zero-order valence-corrected chi connectivity index (χ0v) is 16.1. The van der Waals surface area contributed by atoms with Crippen LogP contribution in [-0.2, 0) is 6.54 Å². The Bertz CT molecular complexity index is 986. The first-order valence-electron chi connectivity index (χ1n) is 8.22. The van der Waals surface area contributed by atoms with Crippen molar-refractivity contribution in [1.29, 1.82) is 0 Å². The molecule has 3 aromatic heterocycles. The van der Waals surface area contributed by atoms with E-state index in [1.165, 1.54) is 30.1 Å². The number of hydrogen-bond acceptors (Lipinski definition) is 6. The average molecular weight is 387 g/mol. The van der Waals surface area contributed by atoms with Crippen molar-refractivity contribution in [2.45, 2.75) is 25.8 Å². The van der Waals surface area contributed by atoms with Crippen molar-refractivity contribution in [1.82, 2.24) is 24.7 Å². The van der Waals surface area contributed by atoms with E-state index in [1.54, 1.807) is 18.5 Å². The van der Waals surface area contributed by atoms with Crippen LogP contribution in [0.25, 0.3) is 11.3 Å². The van der Waals surface area contributed by atoms with Crippen molar-refractivity contribution in [3.05, 3.63) is 64.5 Å². The third kappa shape index (κ3) is 5.37. The summed E-state index contributed by atoms with van der Waals surface area (Å²) in [6.07, 6.45) is 6.49. The molecule has 0 spiro atoms. The van der Waals surface area contributed by atoms with Crippen molar-refractivity contribution in [2.75, 3.05) is 6.61 Å². The van der Waals surface area contributed by atoms with Crippen LogP contribution in [0.3, 0.4) is 0 Å². The van der Waals surface area contributed by atoms with Gasteiger partial charge >= 0.3 is 6.01 Å². The molecule has 27 heavy (non-hydrogen) atoms. The van der Waals surface area contributed by atoms with Gasteiger partial charge < -0.3 is 4.74 Å². The fourth-order valence-corrected chi connectivity index (χ4v) is 2.41. The molecule has 0 radical (unpaired) electrons. The molecule has 0 saturated heterocycles. The van der Waals surface area contributed by atoms with Crippen molar-refractivity contribution >= 4 is 9.24 Å². The topological polar surface area (TPSA) is 82.8 Å². The van der Waals surface area contributed by atoms with Gasteiger partial charge in [0.05, 0.1) is 12.2 Å². The maximum atomic E-state index is 13.4. The van der Waals surface area contributed by atoms with Crippen LogP contribution < -0.4 is 10.3 Å². The molecule has 7 nitrogen and oxygen atoms in total. The van der Waals surface area contributed by atoms with Gasteiger partial charge in [0.2, 0.25) is 0 Å². The van der Waals surface area contributed by atoms with Crippen LogP contribution in [0.1, 0.15) is 18.1 Å². The van der Waals surface area contributed by atoms with Crippen molar-refractivity contribution in [3.8, 4) is 17.3 Å². The van der Waals surface area contributed by atoms with Gasteiger partial charge in [-0.1, -0.05) is 15.3 Å². The smallest absolute Gasteiger partial charge is 0.316 e. The molecule has 0 aliphatic rings. The van der Waals surface area contributed by atoms with E-state index in [4.69, 9.17) is 4.74 Å². The van der Waals surface area contributed by atoms with Crippen molar-refractivity contribution < 1.29 is 9.13 Å². The molecule has 0 saturated carbocycles. The fraction of sp³-hybridized carbons (Fsp3) is 0.278. The minimum absolute atomic E-state index is 0.0734. The predicted octanol–water partition coefficient (Wildman–Crippen LogP) is 2.39. The van der Waals surface area contributed by atoms with Gasteiger partial charge in [0, 0.05) is 36.4 Å². The highest BCUT2D eigenvalue weighted by atomic mass is 31.0. The molecule has 2 atom stereocenters. The van der Waals surface area contributed by atoms with E-state index in [9.17, 15) is 9.18 Å². The van der Waals surface area contributed by atoms with Gasteiger partial charge in [-0.2, -0.15) is 5.10 Å². The third-order valence-corrected chi connectivity index (χ3v) is 3.70. The number of aryl methyl sites for hydroxylation is 1. The number of hydrogen-bond donors (Lipinski definition) is 0. The first-order chi connectivity index (χ1) is 12.8. The molecule has 3 rings (SSSR count). The Morgan fingerprint density at radius 3 is 2.63 bits per heavy atom. The van der Waals surface area contributed by atoms with Gasteiger partial charge in [0.15, 0.2) is 5.41 Å². The standard InChI is InChI=1S/C18H19FN5O2P/c1-12-5-13(7-20-6-12)10-24-16(25)4-3-15(23-24)14-8-21-17(22-9-14)26-11-18(2,19)27/h3-9H,10-11,27H2,1-2H3. The number of ether oxygens (including phenoxy) is 1. The first-order valence-corrected chi connectivity index (χ1v) is 8.80. The molecule has 140 valence electrons. The summed E-state index contributed by atoms with van der Waals surface area (Å²) in [5.41, 5.74) is 2.84. The van der Waals surface area contributed by atoms with Crippen LogP contribution in [0.15, 0.2) is 47.8 Å². The van der Waals surface area contributed by atoms with Gasteiger partial charge in [0.1, 0.15) is 6.61 Å². The molecule has 0 aromatic carbocycles. The zero-order valence-electron chi connectivity index (χ0n) is 15.0. The Morgan fingerprint density at radius 1 is 1.22 bits per heavy atom. The number of aromatic nitrogens is 5. The lowest BCUT2D eigenvalue weighted by atomic mass is 10.2. The SMILES string of the molecule is Cc1cncc(Cn2nc(-c3cnc(OCC(C)(F)P)nc3)ccc2=O)c1. The lowest BCUT2D eigenvalue weighted by Gasteiger charge is -2.13. The van der Waals surface area contributed by atoms with Gasteiger partial charge in [-0.25, -0.2) is 19.0 Å². The Kier molecular flexibility index (Phi) is 5.56. The molecule has 0 aliphatic carbocycles. The van der Waals surface area contributed by atoms with Crippen LogP contribution in [0, 0.1) is 6.92 Å². The number of rotatable bonds is 6. The second-order valence-corrected chi connectivity index (χ2v) is 7.61. The van der Waals surface area contributed by atoms with Gasteiger partial charge in [-0.05, 0) is 31.0 Å². The fourth-order valence-electron chi connectivity index (χ4n) is 2.32. The molecule has 0 aliphatic heterocycles. The van der Waals surface area contributed by atoms with Crippen LogP contribution >= 0.6 is 9.24 Å². The van der Waals surface area contributed by atoms with Crippen molar-refractivity contribution in [2.24, 2.45) is 0 Å². The summed E-state index contributed by atoms with van der Waals surface area (Å²) in [5, 5.41) is 2.82.